The Hall–Kier alpha value is -7.54. The van der Waals surface area contributed by atoms with Crippen LogP contribution in [0.25, 0.3) is 110 Å². The van der Waals surface area contributed by atoms with E-state index >= 15 is 0 Å². The summed E-state index contributed by atoms with van der Waals surface area (Å²) in [4.78, 5) is 0. The summed E-state index contributed by atoms with van der Waals surface area (Å²) >= 11 is 0. The van der Waals surface area contributed by atoms with Crippen LogP contribution in [0, 0.1) is 0 Å². The highest BCUT2D eigenvalue weighted by Crippen LogP contribution is 2.46. The van der Waals surface area contributed by atoms with E-state index in [1.54, 1.807) is 0 Å². The fourth-order valence-electron chi connectivity index (χ4n) is 9.02. The molecule has 11 rings (SSSR count). The summed E-state index contributed by atoms with van der Waals surface area (Å²) in [5.74, 6) is 0. The number of hydrogen-bond acceptors (Lipinski definition) is 0. The molecule has 0 saturated heterocycles. The van der Waals surface area contributed by atoms with Crippen molar-refractivity contribution >= 4 is 43.1 Å². The van der Waals surface area contributed by atoms with Gasteiger partial charge < -0.3 is 0 Å². The van der Waals surface area contributed by atoms with Gasteiger partial charge in [-0.3, -0.25) is 0 Å². The van der Waals surface area contributed by atoms with Gasteiger partial charge in [0.05, 0.1) is 0 Å². The molecule has 270 valence electrons. The minimum atomic E-state index is 1.21. The summed E-state index contributed by atoms with van der Waals surface area (Å²) in [5, 5.41) is 10.1. The Morgan fingerprint density at radius 2 is 0.534 bits per heavy atom. The second-order valence-electron chi connectivity index (χ2n) is 15.3. The predicted molar refractivity (Wildman–Crippen MR) is 249 cm³/mol. The molecule has 11 aromatic carbocycles. The topological polar surface area (TPSA) is 0 Å². The number of fused-ring (bicyclic) bond motifs is 4. The molecule has 0 aromatic heterocycles. The monoisotopic (exact) mass is 734 g/mol. The number of benzene rings is 11. The first kappa shape index (κ1) is 33.8. The zero-order valence-electron chi connectivity index (χ0n) is 31.9. The Kier molecular flexibility index (Phi) is 8.26. The molecular formula is C58H38. The summed E-state index contributed by atoms with van der Waals surface area (Å²) < 4.78 is 0. The maximum atomic E-state index is 2.37. The first-order valence-electron chi connectivity index (χ1n) is 20.1. The van der Waals surface area contributed by atoms with E-state index in [0.717, 1.165) is 0 Å². The van der Waals surface area contributed by atoms with E-state index < -0.39 is 0 Å². The largest absolute Gasteiger partial charge is 0.0622 e. The molecule has 0 N–H and O–H groups in total. The highest BCUT2D eigenvalue weighted by atomic mass is 14.2. The maximum Gasteiger partial charge on any atom is -0.00201 e. The van der Waals surface area contributed by atoms with Gasteiger partial charge in [0, 0.05) is 0 Å². The zero-order valence-corrected chi connectivity index (χ0v) is 31.9. The minimum Gasteiger partial charge on any atom is -0.0622 e. The van der Waals surface area contributed by atoms with Crippen molar-refractivity contribution in [2.45, 2.75) is 0 Å². The Morgan fingerprint density at radius 1 is 0.172 bits per heavy atom. The van der Waals surface area contributed by atoms with Crippen molar-refractivity contribution in [3.05, 3.63) is 231 Å². The Morgan fingerprint density at radius 3 is 1.09 bits per heavy atom. The molecule has 0 spiro atoms. The SMILES string of the molecule is c1ccc(-c2cccc(-c3cccc(-c4cccc(-c5ccc6cc(-c7c8ccccc8c(-c8cccc9ccccc89)c8ccccc78)ccc6c5)c4)c3)c2)cc1. The van der Waals surface area contributed by atoms with Crippen LogP contribution in [0.5, 0.6) is 0 Å². The van der Waals surface area contributed by atoms with Crippen molar-refractivity contribution in [2.24, 2.45) is 0 Å². The quantitative estimate of drug-likeness (QED) is 0.149. The van der Waals surface area contributed by atoms with Crippen LogP contribution >= 0.6 is 0 Å². The second-order valence-corrected chi connectivity index (χ2v) is 15.3. The smallest absolute Gasteiger partial charge is 0.00201 e. The van der Waals surface area contributed by atoms with Crippen molar-refractivity contribution in [3.8, 4) is 66.8 Å². The van der Waals surface area contributed by atoms with E-state index in [0.29, 0.717) is 0 Å². The molecule has 0 nitrogen and oxygen atoms in total. The van der Waals surface area contributed by atoms with Crippen molar-refractivity contribution in [1.29, 1.82) is 0 Å². The lowest BCUT2D eigenvalue weighted by atomic mass is 9.84. The van der Waals surface area contributed by atoms with E-state index in [-0.39, 0.29) is 0 Å². The van der Waals surface area contributed by atoms with Gasteiger partial charge in [0.25, 0.3) is 0 Å². The molecule has 11 aromatic rings. The van der Waals surface area contributed by atoms with Crippen LogP contribution in [0.4, 0.5) is 0 Å². The highest BCUT2D eigenvalue weighted by Gasteiger charge is 2.18. The lowest BCUT2D eigenvalue weighted by Crippen LogP contribution is -1.91. The Balaban J connectivity index is 0.964. The van der Waals surface area contributed by atoms with Crippen LogP contribution in [0.1, 0.15) is 0 Å². The molecule has 0 unspecified atom stereocenters. The molecule has 0 radical (unpaired) electrons. The van der Waals surface area contributed by atoms with Crippen LogP contribution in [0.3, 0.4) is 0 Å². The van der Waals surface area contributed by atoms with E-state index in [1.807, 2.05) is 0 Å². The molecule has 0 atom stereocenters. The van der Waals surface area contributed by atoms with Gasteiger partial charge in [-0.2, -0.15) is 0 Å². The van der Waals surface area contributed by atoms with E-state index in [2.05, 4.69) is 231 Å². The van der Waals surface area contributed by atoms with Crippen molar-refractivity contribution in [1.82, 2.24) is 0 Å². The standard InChI is InChI=1S/C58H38/c1-2-14-39(15-3-1)41-18-10-19-42(34-41)43-20-11-21-44(35-43)45-22-12-23-46(36-45)47-30-31-49-38-50(33-32-48(49)37-47)57-53-25-6-8-27-55(53)58(56-28-9-7-26-54(56)57)52-29-13-17-40-16-4-5-24-51(40)52/h1-38H. The van der Waals surface area contributed by atoms with E-state index in [9.17, 15) is 0 Å². The molecule has 58 heavy (non-hydrogen) atoms. The van der Waals surface area contributed by atoms with Crippen molar-refractivity contribution < 1.29 is 0 Å². The summed E-state index contributed by atoms with van der Waals surface area (Å²) in [5.41, 5.74) is 14.8. The third kappa shape index (κ3) is 5.95. The Labute approximate surface area is 339 Å². The second kappa shape index (κ2) is 14.2. The molecule has 0 aliphatic carbocycles. The first-order valence-corrected chi connectivity index (χ1v) is 20.1. The average Bonchev–Trinajstić information content (AvgIpc) is 3.30. The molecule has 0 aliphatic rings. The van der Waals surface area contributed by atoms with Gasteiger partial charge >= 0.3 is 0 Å². The summed E-state index contributed by atoms with van der Waals surface area (Å²) in [7, 11) is 0. The lowest BCUT2D eigenvalue weighted by molar-refractivity contribution is 1.57. The Bertz CT molecular complexity index is 3270. The number of rotatable bonds is 6. The molecule has 0 amide bonds. The van der Waals surface area contributed by atoms with Gasteiger partial charge in [0.15, 0.2) is 0 Å². The molecule has 0 heterocycles. The van der Waals surface area contributed by atoms with Crippen LogP contribution in [-0.4, -0.2) is 0 Å². The summed E-state index contributed by atoms with van der Waals surface area (Å²) in [6.07, 6.45) is 0. The lowest BCUT2D eigenvalue weighted by Gasteiger charge is -2.19. The van der Waals surface area contributed by atoms with Gasteiger partial charge in [-0.15, -0.1) is 0 Å². The predicted octanol–water partition coefficient (Wildman–Crippen LogP) is 16.3. The van der Waals surface area contributed by atoms with Crippen LogP contribution in [0.15, 0.2) is 231 Å². The average molecular weight is 735 g/mol. The maximum absolute atomic E-state index is 2.37. The highest BCUT2D eigenvalue weighted by molar-refractivity contribution is 6.23. The van der Waals surface area contributed by atoms with Crippen LogP contribution < -0.4 is 0 Å². The minimum absolute atomic E-state index is 1.21. The fraction of sp³-hybridized carbons (Fsp3) is 0. The van der Waals surface area contributed by atoms with E-state index in [1.165, 1.54) is 110 Å². The van der Waals surface area contributed by atoms with Crippen LogP contribution in [0.2, 0.25) is 0 Å². The molecule has 0 saturated carbocycles. The van der Waals surface area contributed by atoms with Gasteiger partial charge in [0.1, 0.15) is 0 Å². The number of hydrogen-bond donors (Lipinski definition) is 0. The fourth-order valence-corrected chi connectivity index (χ4v) is 9.02. The third-order valence-electron chi connectivity index (χ3n) is 11.8. The normalized spacial score (nSPS) is 11.4. The van der Waals surface area contributed by atoms with Gasteiger partial charge in [-0.1, -0.05) is 200 Å². The molecule has 0 heteroatoms. The van der Waals surface area contributed by atoms with Crippen molar-refractivity contribution in [2.75, 3.05) is 0 Å². The molecule has 0 fully saturated rings. The molecule has 0 aliphatic heterocycles. The summed E-state index contributed by atoms with van der Waals surface area (Å²) in [6, 6.07) is 84.5. The van der Waals surface area contributed by atoms with Crippen molar-refractivity contribution in [3.63, 3.8) is 0 Å². The van der Waals surface area contributed by atoms with Crippen LogP contribution in [-0.2, 0) is 0 Å². The third-order valence-corrected chi connectivity index (χ3v) is 11.8. The summed E-state index contributed by atoms with van der Waals surface area (Å²) in [6.45, 7) is 0. The van der Waals surface area contributed by atoms with Gasteiger partial charge in [-0.05, 0) is 140 Å². The molecule has 0 bridgehead atoms. The molecular weight excluding hydrogens is 697 g/mol. The van der Waals surface area contributed by atoms with Gasteiger partial charge in [-0.25, -0.2) is 0 Å². The first-order chi connectivity index (χ1) is 28.7. The zero-order chi connectivity index (χ0) is 38.4. The van der Waals surface area contributed by atoms with E-state index in [4.69, 9.17) is 0 Å². The van der Waals surface area contributed by atoms with Gasteiger partial charge in [0.2, 0.25) is 0 Å².